The maximum atomic E-state index is 13.2. The summed E-state index contributed by atoms with van der Waals surface area (Å²) in [5, 5.41) is 0.480. The molecule has 0 radical (unpaired) electrons. The number of aromatic nitrogens is 1. The van der Waals surface area contributed by atoms with Gasteiger partial charge in [0.1, 0.15) is 0 Å². The van der Waals surface area contributed by atoms with E-state index in [9.17, 15) is 13.6 Å². The Morgan fingerprint density at radius 3 is 2.86 bits per heavy atom. The quantitative estimate of drug-likeness (QED) is 0.694. The minimum Gasteiger partial charge on any atom is -0.463 e. The first-order valence-electron chi connectivity index (χ1n) is 6.04. The molecule has 0 aliphatic rings. The Morgan fingerprint density at radius 1 is 1.43 bits per heavy atom. The van der Waals surface area contributed by atoms with Crippen molar-refractivity contribution in [1.29, 1.82) is 0 Å². The summed E-state index contributed by atoms with van der Waals surface area (Å²) < 4.78 is 32.0. The van der Waals surface area contributed by atoms with E-state index in [2.05, 4.69) is 4.98 Å². The molecule has 0 aliphatic carbocycles. The summed E-state index contributed by atoms with van der Waals surface area (Å²) in [5.41, 5.74) is 0.470. The van der Waals surface area contributed by atoms with Gasteiger partial charge in [0.2, 0.25) is 0 Å². The number of esters is 1. The van der Waals surface area contributed by atoms with Gasteiger partial charge in [-0.3, -0.25) is 0 Å². The second-order valence-corrected chi connectivity index (χ2v) is 5.73. The highest BCUT2D eigenvalue weighted by molar-refractivity contribution is 7.73. The first-order valence-corrected chi connectivity index (χ1v) is 7.26. The summed E-state index contributed by atoms with van der Waals surface area (Å²) in [6.07, 6.45) is 2.89. The number of aromatic amines is 1. The van der Waals surface area contributed by atoms with E-state index in [1.54, 1.807) is 13.0 Å². The van der Waals surface area contributed by atoms with E-state index in [1.165, 1.54) is 23.5 Å². The van der Waals surface area contributed by atoms with Gasteiger partial charge in [0.25, 0.3) is 0 Å². The number of ether oxygens (including phenoxy) is 1. The first-order chi connectivity index (χ1) is 9.99. The van der Waals surface area contributed by atoms with Crippen LogP contribution in [0.25, 0.3) is 12.2 Å². The molecule has 0 aliphatic heterocycles. The molecule has 2 aromatic rings. The van der Waals surface area contributed by atoms with Crippen LogP contribution in [-0.4, -0.2) is 17.6 Å². The van der Waals surface area contributed by atoms with Crippen LogP contribution in [0, 0.1) is 15.6 Å². The molecule has 0 unspecified atom stereocenters. The monoisotopic (exact) mass is 327 g/mol. The largest absolute Gasteiger partial charge is 0.463 e. The van der Waals surface area contributed by atoms with Crippen molar-refractivity contribution >= 4 is 41.7 Å². The molecule has 0 atom stereocenters. The van der Waals surface area contributed by atoms with Crippen LogP contribution in [0.5, 0.6) is 0 Å². The van der Waals surface area contributed by atoms with E-state index in [1.807, 2.05) is 0 Å². The Balaban J connectivity index is 2.53. The van der Waals surface area contributed by atoms with Gasteiger partial charge >= 0.3 is 5.97 Å². The molecule has 0 fully saturated rings. The highest BCUT2D eigenvalue weighted by Gasteiger charge is 2.02. The number of halogens is 2. The van der Waals surface area contributed by atoms with Gasteiger partial charge in [0.05, 0.1) is 16.5 Å². The lowest BCUT2D eigenvalue weighted by Gasteiger charge is -1.95. The van der Waals surface area contributed by atoms with Gasteiger partial charge in [0.15, 0.2) is 15.6 Å². The van der Waals surface area contributed by atoms with Crippen LogP contribution >= 0.6 is 23.6 Å². The lowest BCUT2D eigenvalue weighted by atomic mass is 10.2. The number of hydrogen-bond acceptors (Lipinski definition) is 4. The number of thiazole rings is 1. The Labute approximate surface area is 128 Å². The summed E-state index contributed by atoms with van der Waals surface area (Å²) in [7, 11) is 0. The average Bonchev–Trinajstić information content (AvgIpc) is 2.74. The number of nitrogens with one attached hydrogen (secondary N) is 1. The molecule has 110 valence electrons. The van der Waals surface area contributed by atoms with Crippen LogP contribution in [0.1, 0.15) is 12.5 Å². The molecule has 0 saturated carbocycles. The third kappa shape index (κ3) is 4.05. The van der Waals surface area contributed by atoms with Gasteiger partial charge in [-0.15, -0.1) is 11.3 Å². The number of rotatable bonds is 3. The van der Waals surface area contributed by atoms with Crippen LogP contribution in [0.4, 0.5) is 8.78 Å². The Hall–Kier alpha value is -1.86. The normalized spacial score (nSPS) is 12.7. The van der Waals surface area contributed by atoms with Gasteiger partial charge < -0.3 is 9.72 Å². The summed E-state index contributed by atoms with van der Waals surface area (Å²) in [5.74, 6) is -2.34. The van der Waals surface area contributed by atoms with Gasteiger partial charge in [-0.05, 0) is 42.9 Å². The second-order valence-electron chi connectivity index (χ2n) is 4.01. The zero-order valence-corrected chi connectivity index (χ0v) is 12.6. The van der Waals surface area contributed by atoms with E-state index in [0.29, 0.717) is 19.4 Å². The summed E-state index contributed by atoms with van der Waals surface area (Å²) in [6.45, 7) is 1.97. The van der Waals surface area contributed by atoms with E-state index in [4.69, 9.17) is 17.0 Å². The van der Waals surface area contributed by atoms with Crippen LogP contribution in [0.15, 0.2) is 18.2 Å². The van der Waals surface area contributed by atoms with Crippen molar-refractivity contribution in [1.82, 2.24) is 4.98 Å². The van der Waals surface area contributed by atoms with Crippen LogP contribution in [-0.2, 0) is 9.53 Å². The lowest BCUT2D eigenvalue weighted by molar-refractivity contribution is -0.135. The van der Waals surface area contributed by atoms with Crippen LogP contribution in [0.3, 0.4) is 0 Å². The molecule has 1 aromatic carbocycles. The van der Waals surface area contributed by atoms with Crippen molar-refractivity contribution in [2.24, 2.45) is 0 Å². The second kappa shape index (κ2) is 6.73. The summed E-state index contributed by atoms with van der Waals surface area (Å²) in [6, 6.07) is 3.56. The third-order valence-electron chi connectivity index (χ3n) is 2.50. The number of hydrogen-bond donors (Lipinski definition) is 1. The zero-order valence-electron chi connectivity index (χ0n) is 11.0. The molecule has 0 bridgehead atoms. The lowest BCUT2D eigenvalue weighted by Crippen LogP contribution is -2.23. The van der Waals surface area contributed by atoms with Crippen molar-refractivity contribution < 1.29 is 18.3 Å². The van der Waals surface area contributed by atoms with Crippen LogP contribution in [0.2, 0.25) is 0 Å². The Bertz CT molecular complexity index is 839. The average molecular weight is 327 g/mol. The molecule has 0 saturated heterocycles. The number of carbonyl (C=O) groups is 1. The number of carbonyl (C=O) groups excluding carboxylic acids is 1. The SMILES string of the molecule is CCOC(=O)/C=c1\[nH]c(=S)s\c1=C/c1ccc(F)c(F)c1. The highest BCUT2D eigenvalue weighted by atomic mass is 32.1. The van der Waals surface area contributed by atoms with Crippen molar-refractivity contribution in [3.8, 4) is 0 Å². The molecule has 2 rings (SSSR count). The minimum absolute atomic E-state index is 0.266. The van der Waals surface area contributed by atoms with E-state index >= 15 is 0 Å². The smallest absolute Gasteiger partial charge is 0.332 e. The predicted molar refractivity (Wildman–Crippen MR) is 79.8 cm³/mol. The van der Waals surface area contributed by atoms with Crippen LogP contribution < -0.4 is 9.88 Å². The topological polar surface area (TPSA) is 42.1 Å². The van der Waals surface area contributed by atoms with Crippen molar-refractivity contribution in [2.75, 3.05) is 6.61 Å². The molecule has 21 heavy (non-hydrogen) atoms. The molecule has 1 aromatic heterocycles. The fourth-order valence-electron chi connectivity index (χ4n) is 1.62. The number of H-pyrrole nitrogens is 1. The first kappa shape index (κ1) is 15.5. The zero-order chi connectivity index (χ0) is 15.4. The molecule has 1 N–H and O–H groups in total. The fraction of sp³-hybridized carbons (Fsp3) is 0.143. The third-order valence-corrected chi connectivity index (χ3v) is 3.69. The van der Waals surface area contributed by atoms with Gasteiger partial charge in [-0.2, -0.15) is 0 Å². The Kier molecular flexibility index (Phi) is 4.98. The molecule has 0 spiro atoms. The summed E-state index contributed by atoms with van der Waals surface area (Å²) >= 11 is 6.27. The van der Waals surface area contributed by atoms with Gasteiger partial charge in [-0.25, -0.2) is 13.6 Å². The highest BCUT2D eigenvalue weighted by Crippen LogP contribution is 2.09. The molecule has 3 nitrogen and oxygen atoms in total. The maximum Gasteiger partial charge on any atom is 0.332 e. The van der Waals surface area contributed by atoms with Gasteiger partial charge in [0, 0.05) is 6.08 Å². The fourth-order valence-corrected chi connectivity index (χ4v) is 2.78. The maximum absolute atomic E-state index is 13.2. The number of benzene rings is 1. The van der Waals surface area contributed by atoms with E-state index in [0.717, 1.165) is 12.1 Å². The molecule has 1 heterocycles. The van der Waals surface area contributed by atoms with E-state index in [-0.39, 0.29) is 6.61 Å². The van der Waals surface area contributed by atoms with Crippen molar-refractivity contribution in [3.05, 3.63) is 49.2 Å². The molecular formula is C14H11F2NO2S2. The summed E-state index contributed by atoms with van der Waals surface area (Å²) in [4.78, 5) is 14.3. The standard InChI is InChI=1S/C14H11F2NO2S2/c1-2-19-13(18)7-11-12(21-14(20)17-11)6-8-3-4-9(15)10(16)5-8/h3-7H,2H2,1H3,(H,17,20)/b11-7-,12-6-. The minimum atomic E-state index is -0.932. The molecule has 7 heteroatoms. The predicted octanol–water partition coefficient (Wildman–Crippen LogP) is 2.26. The Morgan fingerprint density at radius 2 is 2.19 bits per heavy atom. The molecular weight excluding hydrogens is 316 g/mol. The molecule has 0 amide bonds. The van der Waals surface area contributed by atoms with Crippen molar-refractivity contribution in [2.45, 2.75) is 6.92 Å². The van der Waals surface area contributed by atoms with E-state index < -0.39 is 17.6 Å². The van der Waals surface area contributed by atoms with Crippen molar-refractivity contribution in [3.63, 3.8) is 0 Å². The van der Waals surface area contributed by atoms with Gasteiger partial charge in [-0.1, -0.05) is 6.07 Å².